The number of hydrogen-bond acceptors (Lipinski definition) is 5. The van der Waals surface area contributed by atoms with Gasteiger partial charge in [-0.2, -0.15) is 10.3 Å². The normalized spacial score (nSPS) is 9.17. The zero-order valence-corrected chi connectivity index (χ0v) is 6.94. The number of rotatable bonds is 1. The molecule has 0 spiro atoms. The molecule has 0 unspecified atom stereocenters. The Kier molecular flexibility index (Phi) is 2.21. The molecule has 0 fully saturated rings. The number of hydrogen-bond donors (Lipinski definition) is 1. The summed E-state index contributed by atoms with van der Waals surface area (Å²) < 4.78 is 0. The van der Waals surface area contributed by atoms with Crippen LogP contribution in [-0.4, -0.2) is 9.97 Å². The lowest BCUT2D eigenvalue weighted by atomic mass is 10.4. The molecule has 1 rings (SSSR count). The van der Waals surface area contributed by atoms with Gasteiger partial charge in [0.15, 0.2) is 0 Å². The molecule has 0 radical (unpaired) electrons. The van der Waals surface area contributed by atoms with Crippen molar-refractivity contribution in [2.75, 3.05) is 5.01 Å². The van der Waals surface area contributed by atoms with E-state index in [1.807, 2.05) is 19.9 Å². The summed E-state index contributed by atoms with van der Waals surface area (Å²) in [5, 5.41) is 9.27. The molecule has 0 saturated heterocycles. The first kappa shape index (κ1) is 8.43. The number of aryl methyl sites for hydroxylation is 2. The fourth-order valence-corrected chi connectivity index (χ4v) is 0.860. The van der Waals surface area contributed by atoms with E-state index in [9.17, 15) is 0 Å². The number of hydrazine groups is 1. The average Bonchev–Trinajstić information content (AvgIpc) is 2.01. The number of aromatic nitrogens is 2. The van der Waals surface area contributed by atoms with E-state index >= 15 is 0 Å². The maximum atomic E-state index is 8.44. The molecule has 1 aromatic heterocycles. The predicted octanol–water partition coefficient (Wildman–Crippen LogP) is 0.255. The molecule has 62 valence electrons. The first-order valence-electron chi connectivity index (χ1n) is 3.40. The van der Waals surface area contributed by atoms with Crippen molar-refractivity contribution in [3.05, 3.63) is 17.5 Å². The second-order valence-corrected chi connectivity index (χ2v) is 2.42. The number of nitriles is 1. The molecule has 5 nitrogen and oxygen atoms in total. The SMILES string of the molecule is Cc1cc(C)nc(N(N)C#N)n1. The lowest BCUT2D eigenvalue weighted by Gasteiger charge is -2.06. The molecule has 0 bridgehead atoms. The number of nitrogens with zero attached hydrogens (tertiary/aromatic N) is 4. The van der Waals surface area contributed by atoms with E-state index < -0.39 is 0 Å². The van der Waals surface area contributed by atoms with Crippen molar-refractivity contribution in [3.8, 4) is 6.19 Å². The van der Waals surface area contributed by atoms with E-state index in [0.717, 1.165) is 16.4 Å². The average molecular weight is 163 g/mol. The molecule has 12 heavy (non-hydrogen) atoms. The van der Waals surface area contributed by atoms with Gasteiger partial charge in [0.05, 0.1) is 0 Å². The maximum Gasteiger partial charge on any atom is 0.254 e. The Labute approximate surface area is 70.4 Å². The van der Waals surface area contributed by atoms with Gasteiger partial charge in [0.2, 0.25) is 6.19 Å². The number of nitrogens with two attached hydrogens (primary N) is 1. The van der Waals surface area contributed by atoms with E-state index in [1.165, 1.54) is 0 Å². The lowest BCUT2D eigenvalue weighted by Crippen LogP contribution is -2.27. The Morgan fingerprint density at radius 2 is 1.92 bits per heavy atom. The Bertz CT molecular complexity index is 307. The first-order valence-corrected chi connectivity index (χ1v) is 3.40. The van der Waals surface area contributed by atoms with Crippen LogP contribution in [0.25, 0.3) is 0 Å². The van der Waals surface area contributed by atoms with Gasteiger partial charge in [-0.1, -0.05) is 0 Å². The van der Waals surface area contributed by atoms with Crippen molar-refractivity contribution >= 4 is 5.95 Å². The van der Waals surface area contributed by atoms with Crippen LogP contribution in [0.5, 0.6) is 0 Å². The molecule has 0 aliphatic heterocycles. The maximum absolute atomic E-state index is 8.44. The third-order valence-electron chi connectivity index (χ3n) is 1.29. The third kappa shape index (κ3) is 1.68. The van der Waals surface area contributed by atoms with Crippen molar-refractivity contribution in [2.24, 2.45) is 5.84 Å². The van der Waals surface area contributed by atoms with Gasteiger partial charge in [-0.15, -0.1) is 0 Å². The van der Waals surface area contributed by atoms with Crippen molar-refractivity contribution < 1.29 is 0 Å². The van der Waals surface area contributed by atoms with Gasteiger partial charge in [-0.25, -0.2) is 15.8 Å². The Morgan fingerprint density at radius 1 is 1.42 bits per heavy atom. The van der Waals surface area contributed by atoms with Crippen molar-refractivity contribution in [1.29, 1.82) is 5.26 Å². The molecule has 0 saturated carbocycles. The second kappa shape index (κ2) is 3.15. The summed E-state index contributed by atoms with van der Waals surface area (Å²) in [6.07, 6.45) is 1.72. The van der Waals surface area contributed by atoms with Gasteiger partial charge in [-0.05, 0) is 19.9 Å². The van der Waals surface area contributed by atoms with Crippen LogP contribution in [0.4, 0.5) is 5.95 Å². The van der Waals surface area contributed by atoms with Gasteiger partial charge in [0.25, 0.3) is 5.95 Å². The monoisotopic (exact) mass is 163 g/mol. The summed E-state index contributed by atoms with van der Waals surface area (Å²) in [5.74, 6) is 5.51. The van der Waals surface area contributed by atoms with E-state index in [0.29, 0.717) is 0 Å². The summed E-state index contributed by atoms with van der Waals surface area (Å²) in [6, 6.07) is 1.81. The second-order valence-electron chi connectivity index (χ2n) is 2.42. The molecular formula is C7H9N5. The highest BCUT2D eigenvalue weighted by Gasteiger charge is 2.03. The van der Waals surface area contributed by atoms with Gasteiger partial charge >= 0.3 is 0 Å². The summed E-state index contributed by atoms with van der Waals surface area (Å²) in [7, 11) is 0. The van der Waals surface area contributed by atoms with Crippen LogP contribution in [0.2, 0.25) is 0 Å². The standard InChI is InChI=1S/C7H9N5/c1-5-3-6(2)11-7(10-5)12(9)4-8/h3H,9H2,1-2H3. The molecular weight excluding hydrogens is 154 g/mol. The smallest absolute Gasteiger partial charge is 0.231 e. The first-order chi connectivity index (χ1) is 5.63. The minimum Gasteiger partial charge on any atom is -0.231 e. The van der Waals surface area contributed by atoms with Crippen molar-refractivity contribution in [1.82, 2.24) is 9.97 Å². The number of anilines is 1. The highest BCUT2D eigenvalue weighted by Crippen LogP contribution is 2.05. The highest BCUT2D eigenvalue weighted by molar-refractivity contribution is 5.34. The summed E-state index contributed by atoms with van der Waals surface area (Å²) in [6.45, 7) is 3.65. The quantitative estimate of drug-likeness (QED) is 0.278. The fraction of sp³-hybridized carbons (Fsp3) is 0.286. The summed E-state index contributed by atoms with van der Waals surface area (Å²) in [4.78, 5) is 7.94. The van der Waals surface area contributed by atoms with Crippen LogP contribution >= 0.6 is 0 Å². The van der Waals surface area contributed by atoms with Gasteiger partial charge in [0, 0.05) is 11.4 Å². The lowest BCUT2D eigenvalue weighted by molar-refractivity contribution is 0.944. The minimum absolute atomic E-state index is 0.231. The highest BCUT2D eigenvalue weighted by atomic mass is 15.4. The van der Waals surface area contributed by atoms with Gasteiger partial charge in [-0.3, -0.25) is 0 Å². The van der Waals surface area contributed by atoms with Crippen LogP contribution < -0.4 is 10.9 Å². The molecule has 1 aromatic rings. The van der Waals surface area contributed by atoms with Gasteiger partial charge in [0.1, 0.15) is 0 Å². The van der Waals surface area contributed by atoms with Crippen LogP contribution in [0.3, 0.4) is 0 Å². The van der Waals surface area contributed by atoms with Crippen LogP contribution in [-0.2, 0) is 0 Å². The summed E-state index contributed by atoms with van der Waals surface area (Å²) in [5.41, 5.74) is 1.59. The molecule has 2 N–H and O–H groups in total. The van der Waals surface area contributed by atoms with E-state index in [4.69, 9.17) is 11.1 Å². The van der Waals surface area contributed by atoms with Crippen molar-refractivity contribution in [2.45, 2.75) is 13.8 Å². The van der Waals surface area contributed by atoms with Crippen LogP contribution in [0.15, 0.2) is 6.07 Å². The predicted molar refractivity (Wildman–Crippen MR) is 43.8 cm³/mol. The minimum atomic E-state index is 0.231. The molecule has 0 aliphatic rings. The van der Waals surface area contributed by atoms with E-state index in [-0.39, 0.29) is 5.95 Å². The molecule has 0 aliphatic carbocycles. The Morgan fingerprint density at radius 3 is 2.33 bits per heavy atom. The Balaban J connectivity index is 3.10. The third-order valence-corrected chi connectivity index (χ3v) is 1.29. The fourth-order valence-electron chi connectivity index (χ4n) is 0.860. The zero-order chi connectivity index (χ0) is 9.14. The van der Waals surface area contributed by atoms with E-state index in [2.05, 4.69) is 9.97 Å². The van der Waals surface area contributed by atoms with Crippen LogP contribution in [0, 0.1) is 25.3 Å². The molecule has 0 aromatic carbocycles. The summed E-state index contributed by atoms with van der Waals surface area (Å²) >= 11 is 0. The topological polar surface area (TPSA) is 78.8 Å². The van der Waals surface area contributed by atoms with Crippen molar-refractivity contribution in [3.63, 3.8) is 0 Å². The van der Waals surface area contributed by atoms with Gasteiger partial charge < -0.3 is 0 Å². The molecule has 5 heteroatoms. The van der Waals surface area contributed by atoms with Crippen LogP contribution in [0.1, 0.15) is 11.4 Å². The van der Waals surface area contributed by atoms with E-state index in [1.54, 1.807) is 6.19 Å². The molecule has 0 atom stereocenters. The zero-order valence-electron chi connectivity index (χ0n) is 6.94. The molecule has 1 heterocycles. The largest absolute Gasteiger partial charge is 0.254 e. The molecule has 0 amide bonds. The Hall–Kier alpha value is -1.67.